The summed E-state index contributed by atoms with van der Waals surface area (Å²) in [5.41, 5.74) is 1.02. The minimum atomic E-state index is -0.583. The van der Waals surface area contributed by atoms with E-state index in [1.165, 1.54) is 35.6 Å². The second kappa shape index (κ2) is 6.72. The molecule has 24 heavy (non-hydrogen) atoms. The summed E-state index contributed by atoms with van der Waals surface area (Å²) in [6.07, 6.45) is 1.33. The molecule has 0 aliphatic carbocycles. The number of anilines is 1. The summed E-state index contributed by atoms with van der Waals surface area (Å²) in [6, 6.07) is 5.86. The van der Waals surface area contributed by atoms with Gasteiger partial charge in [-0.15, -0.1) is 11.3 Å². The number of benzene rings is 1. The summed E-state index contributed by atoms with van der Waals surface area (Å²) < 4.78 is 0. The topological polar surface area (TPSA) is 106 Å². The lowest BCUT2D eigenvalue weighted by Crippen LogP contribution is -2.15. The van der Waals surface area contributed by atoms with E-state index >= 15 is 0 Å². The standard InChI is InChI=1S/C17H17N3O3S/c1-17(2,3)14-9-24-16(19-14)20-15(23)11(8-18)6-10-4-5-12(21)13(22)7-10/h4-7,9,21-22H,1-3H3,(H,19,20,23)/b11-6+. The second-order valence-corrected chi connectivity index (χ2v) is 7.02. The van der Waals surface area contributed by atoms with Crippen LogP contribution in [0.2, 0.25) is 0 Å². The fourth-order valence-corrected chi connectivity index (χ4v) is 2.72. The highest BCUT2D eigenvalue weighted by Crippen LogP contribution is 2.27. The highest BCUT2D eigenvalue weighted by molar-refractivity contribution is 7.14. The summed E-state index contributed by atoms with van der Waals surface area (Å²) in [5, 5.41) is 32.8. The largest absolute Gasteiger partial charge is 0.504 e. The molecule has 0 atom stereocenters. The number of aromatic hydroxyl groups is 2. The average Bonchev–Trinajstić information content (AvgIpc) is 2.97. The zero-order chi connectivity index (χ0) is 17.9. The summed E-state index contributed by atoms with van der Waals surface area (Å²) in [7, 11) is 0. The molecule has 3 N–H and O–H groups in total. The van der Waals surface area contributed by atoms with Crippen LogP contribution >= 0.6 is 11.3 Å². The molecule has 0 bridgehead atoms. The number of hydrogen-bond donors (Lipinski definition) is 3. The van der Waals surface area contributed by atoms with E-state index in [1.54, 1.807) is 0 Å². The molecule has 124 valence electrons. The Balaban J connectivity index is 2.20. The zero-order valence-corrected chi connectivity index (χ0v) is 14.3. The molecule has 1 aromatic carbocycles. The SMILES string of the molecule is CC(C)(C)c1csc(NC(=O)/C(C#N)=C/c2ccc(O)c(O)c2)n1. The Labute approximate surface area is 143 Å². The van der Waals surface area contributed by atoms with Crippen molar-refractivity contribution in [2.24, 2.45) is 0 Å². The molecule has 0 aliphatic rings. The highest BCUT2D eigenvalue weighted by Gasteiger charge is 2.19. The predicted octanol–water partition coefficient (Wildman–Crippen LogP) is 3.40. The summed E-state index contributed by atoms with van der Waals surface area (Å²) in [4.78, 5) is 16.6. The first kappa shape index (κ1) is 17.5. The molecule has 0 unspecified atom stereocenters. The number of carbonyl (C=O) groups is 1. The minimum Gasteiger partial charge on any atom is -0.504 e. The van der Waals surface area contributed by atoms with E-state index in [4.69, 9.17) is 0 Å². The lowest BCUT2D eigenvalue weighted by atomic mass is 9.93. The number of phenols is 2. The zero-order valence-electron chi connectivity index (χ0n) is 13.5. The molecule has 1 amide bonds. The molecule has 0 spiro atoms. The van der Waals surface area contributed by atoms with Gasteiger partial charge in [-0.25, -0.2) is 4.98 Å². The van der Waals surface area contributed by atoms with Gasteiger partial charge in [0, 0.05) is 10.8 Å². The number of nitrogens with one attached hydrogen (secondary N) is 1. The van der Waals surface area contributed by atoms with Gasteiger partial charge in [-0.2, -0.15) is 5.26 Å². The van der Waals surface area contributed by atoms with Crippen LogP contribution in [0.25, 0.3) is 6.08 Å². The van der Waals surface area contributed by atoms with Crippen molar-refractivity contribution in [1.29, 1.82) is 5.26 Å². The van der Waals surface area contributed by atoms with Crippen molar-refractivity contribution in [3.05, 3.63) is 40.4 Å². The summed E-state index contributed by atoms with van der Waals surface area (Å²) >= 11 is 1.29. The second-order valence-electron chi connectivity index (χ2n) is 6.16. The van der Waals surface area contributed by atoms with Crippen molar-refractivity contribution < 1.29 is 15.0 Å². The predicted molar refractivity (Wildman–Crippen MR) is 92.8 cm³/mol. The lowest BCUT2D eigenvalue weighted by molar-refractivity contribution is -0.112. The molecule has 0 saturated carbocycles. The molecule has 0 radical (unpaired) electrons. The van der Waals surface area contributed by atoms with Crippen LogP contribution in [0.15, 0.2) is 29.2 Å². The Bertz CT molecular complexity index is 841. The maximum Gasteiger partial charge on any atom is 0.268 e. The Hall–Kier alpha value is -2.85. The first-order chi connectivity index (χ1) is 11.2. The Kier molecular flexibility index (Phi) is 4.90. The normalized spacial score (nSPS) is 11.8. The van der Waals surface area contributed by atoms with Gasteiger partial charge in [0.15, 0.2) is 16.6 Å². The molecule has 0 aliphatic heterocycles. The van der Waals surface area contributed by atoms with Crippen LogP contribution in [0.5, 0.6) is 11.5 Å². The molecule has 2 rings (SSSR count). The molecular weight excluding hydrogens is 326 g/mol. The van der Waals surface area contributed by atoms with Crippen LogP contribution < -0.4 is 5.32 Å². The van der Waals surface area contributed by atoms with E-state index in [0.29, 0.717) is 10.7 Å². The number of carbonyl (C=O) groups excluding carboxylic acids is 1. The number of phenolic OH excluding ortho intramolecular Hbond substituents is 2. The quantitative estimate of drug-likeness (QED) is 0.450. The smallest absolute Gasteiger partial charge is 0.268 e. The van der Waals surface area contributed by atoms with Gasteiger partial charge < -0.3 is 10.2 Å². The molecule has 2 aromatic rings. The van der Waals surface area contributed by atoms with E-state index < -0.39 is 5.91 Å². The van der Waals surface area contributed by atoms with E-state index in [-0.39, 0.29) is 22.5 Å². The molecule has 0 fully saturated rings. The van der Waals surface area contributed by atoms with Gasteiger partial charge in [0.2, 0.25) is 0 Å². The van der Waals surface area contributed by atoms with Gasteiger partial charge in [0.25, 0.3) is 5.91 Å². The highest BCUT2D eigenvalue weighted by atomic mass is 32.1. The van der Waals surface area contributed by atoms with Crippen LogP contribution in [0, 0.1) is 11.3 Å². The van der Waals surface area contributed by atoms with Gasteiger partial charge in [-0.05, 0) is 23.8 Å². The number of nitrogens with zero attached hydrogens (tertiary/aromatic N) is 2. The third-order valence-corrected chi connectivity index (χ3v) is 3.93. The van der Waals surface area contributed by atoms with Gasteiger partial charge in [0.1, 0.15) is 11.6 Å². The number of amides is 1. The number of aromatic nitrogens is 1. The van der Waals surface area contributed by atoms with Crippen molar-refractivity contribution in [1.82, 2.24) is 4.98 Å². The Morgan fingerprint density at radius 3 is 2.58 bits per heavy atom. The van der Waals surface area contributed by atoms with Crippen molar-refractivity contribution in [2.45, 2.75) is 26.2 Å². The maximum absolute atomic E-state index is 12.2. The van der Waals surface area contributed by atoms with E-state index in [1.807, 2.05) is 32.2 Å². The molecule has 1 aromatic heterocycles. The number of rotatable bonds is 3. The van der Waals surface area contributed by atoms with Crippen molar-refractivity contribution in [3.8, 4) is 17.6 Å². The molecule has 7 heteroatoms. The monoisotopic (exact) mass is 343 g/mol. The lowest BCUT2D eigenvalue weighted by Gasteiger charge is -2.14. The van der Waals surface area contributed by atoms with Gasteiger partial charge >= 0.3 is 0 Å². The van der Waals surface area contributed by atoms with Crippen LogP contribution in [0.4, 0.5) is 5.13 Å². The Morgan fingerprint density at radius 2 is 2.04 bits per heavy atom. The third-order valence-electron chi connectivity index (χ3n) is 3.17. The number of thiazole rings is 1. The molecule has 6 nitrogen and oxygen atoms in total. The molecule has 0 saturated heterocycles. The van der Waals surface area contributed by atoms with Gasteiger partial charge in [-0.3, -0.25) is 10.1 Å². The van der Waals surface area contributed by atoms with Crippen LogP contribution in [0.1, 0.15) is 32.0 Å². The Morgan fingerprint density at radius 1 is 1.33 bits per heavy atom. The van der Waals surface area contributed by atoms with Crippen LogP contribution in [0.3, 0.4) is 0 Å². The fraction of sp³-hybridized carbons (Fsp3) is 0.235. The minimum absolute atomic E-state index is 0.128. The summed E-state index contributed by atoms with van der Waals surface area (Å²) in [5.74, 6) is -1.18. The first-order valence-electron chi connectivity index (χ1n) is 7.12. The average molecular weight is 343 g/mol. The first-order valence-corrected chi connectivity index (χ1v) is 8.00. The fourth-order valence-electron chi connectivity index (χ4n) is 1.79. The number of nitriles is 1. The van der Waals surface area contributed by atoms with E-state index in [9.17, 15) is 20.3 Å². The van der Waals surface area contributed by atoms with Crippen molar-refractivity contribution >= 4 is 28.5 Å². The molecule has 1 heterocycles. The van der Waals surface area contributed by atoms with Crippen LogP contribution in [-0.2, 0) is 10.2 Å². The van der Waals surface area contributed by atoms with Gasteiger partial charge in [0.05, 0.1) is 5.69 Å². The van der Waals surface area contributed by atoms with Crippen molar-refractivity contribution in [2.75, 3.05) is 5.32 Å². The van der Waals surface area contributed by atoms with E-state index in [0.717, 1.165) is 5.69 Å². The van der Waals surface area contributed by atoms with E-state index in [2.05, 4.69) is 10.3 Å². The number of hydrogen-bond acceptors (Lipinski definition) is 6. The van der Waals surface area contributed by atoms with Gasteiger partial charge in [-0.1, -0.05) is 26.8 Å². The third kappa shape index (κ3) is 4.12. The molecular formula is C17H17N3O3S. The maximum atomic E-state index is 12.2. The van der Waals surface area contributed by atoms with Crippen molar-refractivity contribution in [3.63, 3.8) is 0 Å². The van der Waals surface area contributed by atoms with Crippen LogP contribution in [-0.4, -0.2) is 21.1 Å². The summed E-state index contributed by atoms with van der Waals surface area (Å²) in [6.45, 7) is 6.06.